The molecule has 3 aromatic heterocycles. The summed E-state index contributed by atoms with van der Waals surface area (Å²) in [6.07, 6.45) is 5.94. The summed E-state index contributed by atoms with van der Waals surface area (Å²) in [6.45, 7) is 5.72. The van der Waals surface area contributed by atoms with Crippen molar-refractivity contribution in [1.82, 2.24) is 29.6 Å². The predicted molar refractivity (Wildman–Crippen MR) is 133 cm³/mol. The number of nitrogens with zero attached hydrogens (tertiary/aromatic N) is 5. The van der Waals surface area contributed by atoms with Crippen LogP contribution < -0.4 is 16.2 Å². The molecule has 9 heteroatoms. The van der Waals surface area contributed by atoms with Gasteiger partial charge in [0.05, 0.1) is 11.4 Å². The van der Waals surface area contributed by atoms with Crippen LogP contribution in [0.5, 0.6) is 0 Å². The second kappa shape index (κ2) is 8.27. The van der Waals surface area contributed by atoms with Gasteiger partial charge in [-0.1, -0.05) is 6.07 Å². The zero-order chi connectivity index (χ0) is 24.2. The number of rotatable bonds is 5. The molecule has 0 amide bonds. The van der Waals surface area contributed by atoms with Crippen LogP contribution in [0.4, 0.5) is 16.0 Å². The number of hydrogen-bond acceptors (Lipinski definition) is 6. The number of anilines is 2. The van der Waals surface area contributed by atoms with Crippen LogP contribution in [0.15, 0.2) is 47.5 Å². The molecule has 35 heavy (non-hydrogen) atoms. The third-order valence-electron chi connectivity index (χ3n) is 7.05. The normalized spacial score (nSPS) is 16.8. The van der Waals surface area contributed by atoms with Crippen LogP contribution in [0.3, 0.4) is 0 Å². The first-order valence-electron chi connectivity index (χ1n) is 12.2. The molecule has 8 nitrogen and oxygen atoms in total. The van der Waals surface area contributed by atoms with Gasteiger partial charge in [0.2, 0.25) is 5.95 Å². The maximum atomic E-state index is 15.2. The van der Waals surface area contributed by atoms with Crippen molar-refractivity contribution in [1.29, 1.82) is 0 Å². The van der Waals surface area contributed by atoms with E-state index in [2.05, 4.69) is 32.7 Å². The van der Waals surface area contributed by atoms with E-state index < -0.39 is 5.67 Å². The molecule has 1 aliphatic carbocycles. The SMILES string of the molecule is CC(C)n1c(=O)c2cnc(Nc3ccc4c(c3)CCNC4)nc2n1-c1ccnc(C2(F)CCC2)c1. The first-order valence-corrected chi connectivity index (χ1v) is 12.2. The number of halogens is 1. The van der Waals surface area contributed by atoms with E-state index in [1.807, 2.05) is 19.9 Å². The highest BCUT2D eigenvalue weighted by Crippen LogP contribution is 2.44. The lowest BCUT2D eigenvalue weighted by atomic mass is 9.79. The minimum Gasteiger partial charge on any atom is -0.324 e. The molecule has 1 aliphatic heterocycles. The van der Waals surface area contributed by atoms with Crippen LogP contribution in [0.2, 0.25) is 0 Å². The van der Waals surface area contributed by atoms with Gasteiger partial charge in [-0.2, -0.15) is 4.98 Å². The number of alkyl halides is 1. The molecule has 1 saturated carbocycles. The van der Waals surface area contributed by atoms with Crippen molar-refractivity contribution < 1.29 is 4.39 Å². The highest BCUT2D eigenvalue weighted by molar-refractivity contribution is 5.77. The Bertz CT molecular complexity index is 1490. The summed E-state index contributed by atoms with van der Waals surface area (Å²) < 4.78 is 18.6. The molecule has 0 radical (unpaired) electrons. The Labute approximate surface area is 202 Å². The van der Waals surface area contributed by atoms with Crippen LogP contribution >= 0.6 is 0 Å². The average Bonchev–Trinajstić information content (AvgIpc) is 3.14. The van der Waals surface area contributed by atoms with Crippen LogP contribution in [0, 0.1) is 0 Å². The van der Waals surface area contributed by atoms with Gasteiger partial charge in [-0.05, 0) is 81.5 Å². The van der Waals surface area contributed by atoms with Crippen molar-refractivity contribution in [3.8, 4) is 5.69 Å². The van der Waals surface area contributed by atoms with Crippen LogP contribution in [-0.2, 0) is 18.6 Å². The largest absolute Gasteiger partial charge is 0.324 e. The van der Waals surface area contributed by atoms with E-state index in [0.717, 1.165) is 31.6 Å². The first kappa shape index (κ1) is 21.9. The molecule has 0 atom stereocenters. The summed E-state index contributed by atoms with van der Waals surface area (Å²) >= 11 is 0. The molecule has 1 fully saturated rings. The fourth-order valence-electron chi connectivity index (χ4n) is 5.00. The molecule has 2 N–H and O–H groups in total. The lowest BCUT2D eigenvalue weighted by molar-refractivity contribution is 0.0560. The lowest BCUT2D eigenvalue weighted by Gasteiger charge is -2.33. The van der Waals surface area contributed by atoms with Crippen molar-refractivity contribution in [2.24, 2.45) is 0 Å². The fraction of sp³-hybridized carbons (Fsp3) is 0.385. The molecule has 0 spiro atoms. The zero-order valence-electron chi connectivity index (χ0n) is 19.9. The molecule has 6 rings (SSSR count). The van der Waals surface area contributed by atoms with Crippen molar-refractivity contribution in [3.05, 3.63) is 69.9 Å². The maximum Gasteiger partial charge on any atom is 0.278 e. The minimum absolute atomic E-state index is 0.137. The van der Waals surface area contributed by atoms with Gasteiger partial charge < -0.3 is 10.6 Å². The summed E-state index contributed by atoms with van der Waals surface area (Å²) in [4.78, 5) is 26.8. The van der Waals surface area contributed by atoms with Gasteiger partial charge >= 0.3 is 0 Å². The average molecular weight is 474 g/mol. The predicted octanol–water partition coefficient (Wildman–Crippen LogP) is 4.30. The number of fused-ring (bicyclic) bond motifs is 2. The Kier molecular flexibility index (Phi) is 5.17. The molecule has 0 saturated heterocycles. The number of aromatic nitrogens is 5. The Morgan fingerprint density at radius 3 is 2.77 bits per heavy atom. The molecule has 180 valence electrons. The molecular formula is C26H28FN7O. The fourth-order valence-corrected chi connectivity index (χ4v) is 5.00. The topological polar surface area (TPSA) is 89.7 Å². The van der Waals surface area contributed by atoms with Gasteiger partial charge in [0.25, 0.3) is 5.56 Å². The Balaban J connectivity index is 1.45. The molecule has 4 heterocycles. The van der Waals surface area contributed by atoms with E-state index in [-0.39, 0.29) is 11.6 Å². The first-order chi connectivity index (χ1) is 16.9. The van der Waals surface area contributed by atoms with Crippen molar-refractivity contribution in [2.75, 3.05) is 11.9 Å². The maximum absolute atomic E-state index is 15.2. The van der Waals surface area contributed by atoms with E-state index in [9.17, 15) is 4.79 Å². The second-order valence-corrected chi connectivity index (χ2v) is 9.74. The summed E-state index contributed by atoms with van der Waals surface area (Å²) in [5.41, 5.74) is 3.46. The van der Waals surface area contributed by atoms with Gasteiger partial charge in [0.1, 0.15) is 5.39 Å². The molecule has 2 aliphatic rings. The van der Waals surface area contributed by atoms with Crippen LogP contribution in [0.25, 0.3) is 16.7 Å². The van der Waals surface area contributed by atoms with Gasteiger partial charge in [-0.25, -0.2) is 18.7 Å². The third-order valence-corrected chi connectivity index (χ3v) is 7.05. The number of pyridine rings is 1. The van der Waals surface area contributed by atoms with Gasteiger partial charge in [0.15, 0.2) is 11.3 Å². The van der Waals surface area contributed by atoms with Gasteiger partial charge in [-0.15, -0.1) is 0 Å². The van der Waals surface area contributed by atoms with E-state index in [1.165, 1.54) is 11.1 Å². The standard InChI is InChI=1S/C26H28FN7O/c1-16(2)33-24(35)21-15-30-25(31-19-5-4-18-14-28-10-6-17(18)12-19)32-23(21)34(33)20-7-11-29-22(13-20)26(27)8-3-9-26/h4-5,7,11-13,15-16,28H,3,6,8-10,14H2,1-2H3,(H,30,31,32). The Morgan fingerprint density at radius 2 is 2.00 bits per heavy atom. The zero-order valence-corrected chi connectivity index (χ0v) is 19.9. The minimum atomic E-state index is -1.40. The van der Waals surface area contributed by atoms with E-state index >= 15 is 4.39 Å². The summed E-state index contributed by atoms with van der Waals surface area (Å²) in [6, 6.07) is 9.64. The van der Waals surface area contributed by atoms with Gasteiger partial charge in [0, 0.05) is 30.7 Å². The van der Waals surface area contributed by atoms with E-state index in [4.69, 9.17) is 4.98 Å². The van der Waals surface area contributed by atoms with Crippen LogP contribution in [-0.4, -0.2) is 30.9 Å². The summed E-state index contributed by atoms with van der Waals surface area (Å²) in [5, 5.41) is 7.09. The monoisotopic (exact) mass is 473 g/mol. The van der Waals surface area contributed by atoms with Crippen molar-refractivity contribution in [2.45, 2.75) is 57.8 Å². The number of benzene rings is 1. The van der Waals surface area contributed by atoms with E-state index in [1.54, 1.807) is 33.9 Å². The highest BCUT2D eigenvalue weighted by Gasteiger charge is 2.40. The Morgan fingerprint density at radius 1 is 1.14 bits per heavy atom. The Hall–Kier alpha value is -3.59. The summed E-state index contributed by atoms with van der Waals surface area (Å²) in [7, 11) is 0. The summed E-state index contributed by atoms with van der Waals surface area (Å²) in [5.74, 6) is 0.399. The quantitative estimate of drug-likeness (QED) is 0.449. The molecule has 4 aromatic rings. The molecule has 0 bridgehead atoms. The smallest absolute Gasteiger partial charge is 0.278 e. The number of hydrogen-bond donors (Lipinski definition) is 2. The number of nitrogens with one attached hydrogen (secondary N) is 2. The van der Waals surface area contributed by atoms with Crippen molar-refractivity contribution in [3.63, 3.8) is 0 Å². The molecule has 0 unspecified atom stereocenters. The van der Waals surface area contributed by atoms with E-state index in [0.29, 0.717) is 41.2 Å². The molecular weight excluding hydrogens is 445 g/mol. The highest BCUT2D eigenvalue weighted by atomic mass is 19.1. The second-order valence-electron chi connectivity index (χ2n) is 9.74. The lowest BCUT2D eigenvalue weighted by Crippen LogP contribution is -2.30. The van der Waals surface area contributed by atoms with Crippen molar-refractivity contribution >= 4 is 22.7 Å². The molecule has 1 aromatic carbocycles. The van der Waals surface area contributed by atoms with Crippen LogP contribution in [0.1, 0.15) is 56.0 Å². The van der Waals surface area contributed by atoms with Gasteiger partial charge in [-0.3, -0.25) is 9.78 Å². The third kappa shape index (κ3) is 3.70.